The fourth-order valence-electron chi connectivity index (χ4n) is 2.24. The van der Waals surface area contributed by atoms with Gasteiger partial charge in [-0.05, 0) is 38.6 Å². The first-order chi connectivity index (χ1) is 7.74. The van der Waals surface area contributed by atoms with Crippen molar-refractivity contribution in [1.82, 2.24) is 10.2 Å². The number of halogens is 1. The lowest BCUT2D eigenvalue weighted by Crippen LogP contribution is -2.41. The highest BCUT2D eigenvalue weighted by Gasteiger charge is 2.16. The van der Waals surface area contributed by atoms with E-state index in [0.717, 1.165) is 6.54 Å². The highest BCUT2D eigenvalue weighted by Crippen LogP contribution is 2.14. The molecular weight excluding hydrogens is 203 g/mol. The lowest BCUT2D eigenvalue weighted by molar-refractivity contribution is 0.237. The van der Waals surface area contributed by atoms with Crippen molar-refractivity contribution in [3.8, 4) is 0 Å². The standard InChI is InChI=1S/C13H21FN2/c1-16-8-6-13(7-9-16)15-10-11-2-4-12(14)5-3-11/h2-4,12-13,15H,5-10H2,1H3. The molecular formula is C13H21FN2. The summed E-state index contributed by atoms with van der Waals surface area (Å²) in [5, 5.41) is 3.56. The third-order valence-electron chi connectivity index (χ3n) is 3.44. The first-order valence-corrected chi connectivity index (χ1v) is 6.17. The molecule has 0 aromatic heterocycles. The molecule has 0 saturated carbocycles. The maximum absolute atomic E-state index is 12.8. The van der Waals surface area contributed by atoms with E-state index in [1.54, 1.807) is 6.08 Å². The second-order valence-corrected chi connectivity index (χ2v) is 4.85. The Balaban J connectivity index is 1.70. The molecule has 0 bridgehead atoms. The summed E-state index contributed by atoms with van der Waals surface area (Å²) in [4.78, 5) is 2.37. The predicted molar refractivity (Wildman–Crippen MR) is 65.3 cm³/mol. The highest BCUT2D eigenvalue weighted by molar-refractivity contribution is 5.25. The minimum Gasteiger partial charge on any atom is -0.310 e. The van der Waals surface area contributed by atoms with Gasteiger partial charge in [0.25, 0.3) is 0 Å². The molecule has 0 spiro atoms. The lowest BCUT2D eigenvalue weighted by Gasteiger charge is -2.29. The summed E-state index contributed by atoms with van der Waals surface area (Å²) in [6.45, 7) is 3.25. The summed E-state index contributed by atoms with van der Waals surface area (Å²) in [6, 6.07) is 0.633. The molecule has 1 atom stereocenters. The van der Waals surface area contributed by atoms with Crippen LogP contribution in [0, 0.1) is 0 Å². The Kier molecular flexibility index (Phi) is 4.13. The van der Waals surface area contributed by atoms with Crippen LogP contribution in [0.5, 0.6) is 0 Å². The Morgan fingerprint density at radius 3 is 2.81 bits per heavy atom. The molecule has 0 aromatic carbocycles. The van der Waals surface area contributed by atoms with Crippen molar-refractivity contribution in [2.24, 2.45) is 0 Å². The number of piperidine rings is 1. The normalized spacial score (nSPS) is 28.1. The summed E-state index contributed by atoms with van der Waals surface area (Å²) >= 11 is 0. The van der Waals surface area contributed by atoms with Crippen LogP contribution in [0.25, 0.3) is 0 Å². The van der Waals surface area contributed by atoms with Gasteiger partial charge in [-0.15, -0.1) is 0 Å². The number of hydrogen-bond acceptors (Lipinski definition) is 2. The Morgan fingerprint density at radius 2 is 2.19 bits per heavy atom. The Labute approximate surface area is 97.2 Å². The van der Waals surface area contributed by atoms with Gasteiger partial charge in [0.05, 0.1) is 0 Å². The second-order valence-electron chi connectivity index (χ2n) is 4.85. The number of likely N-dealkylation sites (tertiary alicyclic amines) is 1. The molecule has 1 fully saturated rings. The van der Waals surface area contributed by atoms with Crippen LogP contribution in [0.15, 0.2) is 23.8 Å². The molecule has 1 aliphatic carbocycles. The molecule has 2 nitrogen and oxygen atoms in total. The smallest absolute Gasteiger partial charge is 0.122 e. The fourth-order valence-corrected chi connectivity index (χ4v) is 2.24. The zero-order valence-electron chi connectivity index (χ0n) is 9.95. The monoisotopic (exact) mass is 224 g/mol. The minimum atomic E-state index is -0.771. The summed E-state index contributed by atoms with van der Waals surface area (Å²) in [5.74, 6) is 0. The molecule has 0 amide bonds. The number of rotatable bonds is 3. The predicted octanol–water partition coefficient (Wildman–Crippen LogP) is 1.89. The average Bonchev–Trinajstić information content (AvgIpc) is 2.30. The van der Waals surface area contributed by atoms with Crippen LogP contribution < -0.4 is 5.32 Å². The van der Waals surface area contributed by atoms with Crippen LogP contribution >= 0.6 is 0 Å². The molecule has 2 rings (SSSR count). The van der Waals surface area contributed by atoms with Gasteiger partial charge in [0.15, 0.2) is 0 Å². The fraction of sp³-hybridized carbons (Fsp3) is 0.692. The van der Waals surface area contributed by atoms with Crippen molar-refractivity contribution in [3.63, 3.8) is 0 Å². The summed E-state index contributed by atoms with van der Waals surface area (Å²) in [7, 11) is 2.17. The van der Waals surface area contributed by atoms with Crippen molar-refractivity contribution in [1.29, 1.82) is 0 Å². The lowest BCUT2D eigenvalue weighted by atomic mass is 10.0. The van der Waals surface area contributed by atoms with Gasteiger partial charge >= 0.3 is 0 Å². The third-order valence-corrected chi connectivity index (χ3v) is 3.44. The SMILES string of the molecule is CN1CCC(NCC2=CCC(F)C=C2)CC1. The molecule has 1 N–H and O–H groups in total. The summed E-state index contributed by atoms with van der Waals surface area (Å²) < 4.78 is 12.8. The van der Waals surface area contributed by atoms with E-state index in [2.05, 4.69) is 17.3 Å². The second kappa shape index (κ2) is 5.60. The molecule has 1 saturated heterocycles. The third kappa shape index (κ3) is 3.42. The van der Waals surface area contributed by atoms with Gasteiger partial charge < -0.3 is 10.2 Å². The maximum atomic E-state index is 12.8. The van der Waals surface area contributed by atoms with Gasteiger partial charge in [-0.1, -0.05) is 18.2 Å². The van der Waals surface area contributed by atoms with E-state index in [1.807, 2.05) is 12.2 Å². The molecule has 3 heteroatoms. The average molecular weight is 224 g/mol. The van der Waals surface area contributed by atoms with E-state index < -0.39 is 6.17 Å². The number of nitrogens with one attached hydrogen (secondary N) is 1. The van der Waals surface area contributed by atoms with E-state index >= 15 is 0 Å². The van der Waals surface area contributed by atoms with Crippen LogP contribution in [0.1, 0.15) is 19.3 Å². The van der Waals surface area contributed by atoms with E-state index in [4.69, 9.17) is 0 Å². The molecule has 0 radical (unpaired) electrons. The first-order valence-electron chi connectivity index (χ1n) is 6.17. The zero-order chi connectivity index (χ0) is 11.4. The van der Waals surface area contributed by atoms with E-state index in [1.165, 1.54) is 31.5 Å². The number of allylic oxidation sites excluding steroid dienone is 2. The summed E-state index contributed by atoms with van der Waals surface area (Å²) in [6.07, 6.45) is 7.79. The van der Waals surface area contributed by atoms with Crippen molar-refractivity contribution < 1.29 is 4.39 Å². The van der Waals surface area contributed by atoms with Gasteiger partial charge in [0.2, 0.25) is 0 Å². The van der Waals surface area contributed by atoms with Crippen molar-refractivity contribution in [3.05, 3.63) is 23.8 Å². The van der Waals surface area contributed by atoms with Crippen LogP contribution in [0.2, 0.25) is 0 Å². The highest BCUT2D eigenvalue weighted by atomic mass is 19.1. The minimum absolute atomic E-state index is 0.543. The van der Waals surface area contributed by atoms with Crippen LogP contribution in [-0.4, -0.2) is 43.8 Å². The Bertz CT molecular complexity index is 278. The molecule has 90 valence electrons. The van der Waals surface area contributed by atoms with Gasteiger partial charge in [-0.2, -0.15) is 0 Å². The topological polar surface area (TPSA) is 15.3 Å². The molecule has 2 aliphatic rings. The maximum Gasteiger partial charge on any atom is 0.122 e. The van der Waals surface area contributed by atoms with Crippen molar-refractivity contribution in [2.45, 2.75) is 31.5 Å². The van der Waals surface area contributed by atoms with E-state index in [0.29, 0.717) is 12.5 Å². The summed E-state index contributed by atoms with van der Waals surface area (Å²) in [5.41, 5.74) is 1.23. The first kappa shape index (κ1) is 11.8. The molecule has 1 aliphatic heterocycles. The zero-order valence-corrected chi connectivity index (χ0v) is 9.95. The van der Waals surface area contributed by atoms with Crippen LogP contribution in [0.4, 0.5) is 4.39 Å². The number of hydrogen-bond donors (Lipinski definition) is 1. The quantitative estimate of drug-likeness (QED) is 0.787. The van der Waals surface area contributed by atoms with Gasteiger partial charge in [-0.25, -0.2) is 4.39 Å². The van der Waals surface area contributed by atoms with Crippen LogP contribution in [-0.2, 0) is 0 Å². The molecule has 0 aromatic rings. The number of nitrogens with zero attached hydrogens (tertiary/aromatic N) is 1. The molecule has 1 heterocycles. The molecule has 16 heavy (non-hydrogen) atoms. The van der Waals surface area contributed by atoms with Crippen molar-refractivity contribution >= 4 is 0 Å². The van der Waals surface area contributed by atoms with Gasteiger partial charge in [0, 0.05) is 19.0 Å². The number of alkyl halides is 1. The molecule has 1 unspecified atom stereocenters. The van der Waals surface area contributed by atoms with E-state index in [9.17, 15) is 4.39 Å². The van der Waals surface area contributed by atoms with Gasteiger partial charge in [-0.3, -0.25) is 0 Å². The Morgan fingerprint density at radius 1 is 1.44 bits per heavy atom. The van der Waals surface area contributed by atoms with Crippen LogP contribution in [0.3, 0.4) is 0 Å². The van der Waals surface area contributed by atoms with E-state index in [-0.39, 0.29) is 0 Å². The van der Waals surface area contributed by atoms with Crippen molar-refractivity contribution in [2.75, 3.05) is 26.7 Å². The van der Waals surface area contributed by atoms with Gasteiger partial charge in [0.1, 0.15) is 6.17 Å². The largest absolute Gasteiger partial charge is 0.310 e. The Hall–Kier alpha value is -0.670.